The SMILES string of the molecule is CN(C(=O)O)[C@H](C(=O)N[C@@H](Cc1ccc(-c2ccccn2)cc1)[C@@H](O)C[C@H](Cc1ccccc1)NC(=O)[C@@H](N1CCN(Cc2csc(-c3cccnc3)n2)C1=O)C(C)(C)C)C(C)(C)C. The van der Waals surface area contributed by atoms with E-state index in [-0.39, 0.29) is 24.8 Å². The van der Waals surface area contributed by atoms with Crippen LogP contribution in [0.1, 0.15) is 64.8 Å². The number of urea groups is 1. The fourth-order valence-electron chi connectivity index (χ4n) is 8.42. The topological polar surface area (TPSA) is 181 Å². The largest absolute Gasteiger partial charge is 0.465 e. The van der Waals surface area contributed by atoms with Crippen molar-refractivity contribution in [1.82, 2.24) is 40.3 Å². The molecule has 15 heteroatoms. The highest BCUT2D eigenvalue weighted by molar-refractivity contribution is 7.13. The van der Waals surface area contributed by atoms with Gasteiger partial charge in [0.05, 0.1) is 30.1 Å². The van der Waals surface area contributed by atoms with E-state index in [1.807, 2.05) is 111 Å². The Kier molecular flexibility index (Phi) is 15.2. The first kappa shape index (κ1) is 47.3. The average Bonchev–Trinajstić information content (AvgIpc) is 3.87. The third kappa shape index (κ3) is 12.1. The maximum Gasteiger partial charge on any atom is 0.407 e. The van der Waals surface area contributed by atoms with E-state index in [1.165, 1.54) is 18.4 Å². The number of hydrogen-bond donors (Lipinski definition) is 4. The quantitative estimate of drug-likeness (QED) is 0.0754. The Balaban J connectivity index is 1.24. The molecule has 0 spiro atoms. The molecule has 6 rings (SSSR count). The van der Waals surface area contributed by atoms with Crippen LogP contribution in [0.5, 0.6) is 0 Å². The van der Waals surface area contributed by atoms with Gasteiger partial charge in [-0.3, -0.25) is 24.5 Å². The number of carbonyl (C=O) groups is 4. The van der Waals surface area contributed by atoms with Gasteiger partial charge < -0.3 is 30.6 Å². The minimum atomic E-state index is -1.26. The fourth-order valence-corrected chi connectivity index (χ4v) is 9.22. The second kappa shape index (κ2) is 20.5. The first-order valence-corrected chi connectivity index (χ1v) is 22.5. The van der Waals surface area contributed by atoms with E-state index < -0.39 is 53.1 Å². The molecule has 338 valence electrons. The zero-order chi connectivity index (χ0) is 46.2. The smallest absolute Gasteiger partial charge is 0.407 e. The summed E-state index contributed by atoms with van der Waals surface area (Å²) in [6.07, 6.45) is 3.33. The number of pyridine rings is 2. The van der Waals surface area contributed by atoms with Crippen LogP contribution in [0.4, 0.5) is 9.59 Å². The fraction of sp³-hybridized carbons (Fsp3) is 0.408. The molecule has 1 aliphatic heterocycles. The number of aliphatic hydroxyl groups excluding tert-OH is 1. The van der Waals surface area contributed by atoms with Crippen molar-refractivity contribution in [3.05, 3.63) is 126 Å². The minimum absolute atomic E-state index is 0.0343. The van der Waals surface area contributed by atoms with Gasteiger partial charge in [0.25, 0.3) is 0 Å². The molecule has 2 aromatic carbocycles. The highest BCUT2D eigenvalue weighted by Crippen LogP contribution is 2.31. The van der Waals surface area contributed by atoms with Gasteiger partial charge in [-0.05, 0) is 65.5 Å². The van der Waals surface area contributed by atoms with Gasteiger partial charge in [0.15, 0.2) is 0 Å². The Hall–Kier alpha value is -6.19. The van der Waals surface area contributed by atoms with Crippen molar-refractivity contribution < 1.29 is 29.4 Å². The number of amides is 5. The van der Waals surface area contributed by atoms with Gasteiger partial charge in [0, 0.05) is 61.3 Å². The molecular weight excluding hydrogens is 829 g/mol. The van der Waals surface area contributed by atoms with Crippen LogP contribution in [-0.2, 0) is 29.0 Å². The van der Waals surface area contributed by atoms with Crippen LogP contribution in [0.3, 0.4) is 0 Å². The molecule has 5 aromatic rings. The standard InChI is InChI=1S/C49H60N8O6S/c1-48(2,3)41(55(7)47(62)63)43(59)54-39(27-33-18-20-34(21-19-33)38-17-11-12-23-51-38)40(58)28-36(26-32-14-9-8-10-15-32)52-44(60)42(49(4,5)6)57-25-24-56(46(57)61)30-37-31-64-45(53-37)35-16-13-22-50-29-35/h8-23,29,31,36,39-42,58H,24-28,30H2,1-7H3,(H,52,60)(H,54,59)(H,62,63)/t36-,39-,40-,41+,42+/m0/s1. The molecule has 64 heavy (non-hydrogen) atoms. The Bertz CT molecular complexity index is 2330. The van der Waals surface area contributed by atoms with E-state index >= 15 is 0 Å². The molecule has 3 aromatic heterocycles. The molecule has 1 saturated heterocycles. The molecule has 1 aliphatic rings. The Morgan fingerprint density at radius 1 is 0.812 bits per heavy atom. The number of aromatic nitrogens is 3. The van der Waals surface area contributed by atoms with Crippen LogP contribution in [0, 0.1) is 10.8 Å². The van der Waals surface area contributed by atoms with Gasteiger partial charge in [-0.1, -0.05) is 102 Å². The van der Waals surface area contributed by atoms with Crippen LogP contribution in [0.2, 0.25) is 0 Å². The lowest BCUT2D eigenvalue weighted by Gasteiger charge is -2.38. The Labute approximate surface area is 379 Å². The lowest BCUT2D eigenvalue weighted by Crippen LogP contribution is -2.59. The number of likely N-dealkylation sites (N-methyl/N-ethyl adjacent to an activating group) is 1. The third-order valence-electron chi connectivity index (χ3n) is 11.4. The summed E-state index contributed by atoms with van der Waals surface area (Å²) in [6.45, 7) is 12.2. The normalized spacial score (nSPS) is 15.5. The van der Waals surface area contributed by atoms with Crippen molar-refractivity contribution in [1.29, 1.82) is 0 Å². The monoisotopic (exact) mass is 888 g/mol. The molecule has 4 heterocycles. The van der Waals surface area contributed by atoms with Gasteiger partial charge in [0.1, 0.15) is 17.1 Å². The highest BCUT2D eigenvalue weighted by atomic mass is 32.1. The lowest BCUT2D eigenvalue weighted by molar-refractivity contribution is -0.131. The molecule has 0 radical (unpaired) electrons. The maximum atomic E-state index is 14.7. The van der Waals surface area contributed by atoms with Gasteiger partial charge in [-0.25, -0.2) is 14.6 Å². The predicted octanol–water partition coefficient (Wildman–Crippen LogP) is 7.15. The number of rotatable bonds is 17. The van der Waals surface area contributed by atoms with Crippen LogP contribution in [0.15, 0.2) is 109 Å². The zero-order valence-corrected chi connectivity index (χ0v) is 38.5. The number of nitrogens with one attached hydrogen (secondary N) is 2. The molecular formula is C49H60N8O6S. The number of nitrogens with zero attached hydrogens (tertiary/aromatic N) is 6. The third-order valence-corrected chi connectivity index (χ3v) is 12.4. The zero-order valence-electron chi connectivity index (χ0n) is 37.6. The maximum absolute atomic E-state index is 14.7. The van der Waals surface area contributed by atoms with Gasteiger partial charge in [-0.15, -0.1) is 11.3 Å². The van der Waals surface area contributed by atoms with Gasteiger partial charge >= 0.3 is 12.1 Å². The minimum Gasteiger partial charge on any atom is -0.465 e. The molecule has 0 unspecified atom stereocenters. The lowest BCUT2D eigenvalue weighted by atomic mass is 9.84. The van der Waals surface area contributed by atoms with Crippen LogP contribution in [-0.4, -0.2) is 114 Å². The van der Waals surface area contributed by atoms with Crippen LogP contribution in [0.25, 0.3) is 21.8 Å². The van der Waals surface area contributed by atoms with E-state index in [0.717, 1.165) is 43.5 Å². The van der Waals surface area contributed by atoms with Crippen LogP contribution < -0.4 is 10.6 Å². The van der Waals surface area contributed by atoms with Crippen LogP contribution >= 0.6 is 11.3 Å². The second-order valence-corrected chi connectivity index (χ2v) is 19.5. The summed E-state index contributed by atoms with van der Waals surface area (Å²) in [7, 11) is 1.36. The van der Waals surface area contributed by atoms with Crippen molar-refractivity contribution in [2.45, 2.75) is 97.6 Å². The molecule has 0 aliphatic carbocycles. The van der Waals surface area contributed by atoms with Crippen molar-refractivity contribution in [3.63, 3.8) is 0 Å². The molecule has 14 nitrogen and oxygen atoms in total. The number of carboxylic acid groups (broad SMARTS) is 1. The number of benzene rings is 2. The summed E-state index contributed by atoms with van der Waals surface area (Å²) >= 11 is 1.49. The van der Waals surface area contributed by atoms with Crippen molar-refractivity contribution in [3.8, 4) is 21.8 Å². The number of carbonyl (C=O) groups excluding carboxylic acids is 3. The molecule has 5 atom stereocenters. The summed E-state index contributed by atoms with van der Waals surface area (Å²) in [5.41, 5.74) is 3.64. The molecule has 5 amide bonds. The van der Waals surface area contributed by atoms with Crippen molar-refractivity contribution in [2.24, 2.45) is 10.8 Å². The van der Waals surface area contributed by atoms with Gasteiger partial charge in [-0.2, -0.15) is 0 Å². The van der Waals surface area contributed by atoms with Gasteiger partial charge in [0.2, 0.25) is 11.8 Å². The molecule has 4 N–H and O–H groups in total. The molecule has 1 fully saturated rings. The first-order valence-electron chi connectivity index (χ1n) is 21.6. The summed E-state index contributed by atoms with van der Waals surface area (Å²) in [5.74, 6) is -0.907. The molecule has 0 bridgehead atoms. The number of thiazole rings is 1. The summed E-state index contributed by atoms with van der Waals surface area (Å²) in [6, 6.07) is 23.1. The van der Waals surface area contributed by atoms with E-state index in [9.17, 15) is 29.4 Å². The summed E-state index contributed by atoms with van der Waals surface area (Å²) in [5, 5.41) is 31.2. The van der Waals surface area contributed by atoms with E-state index in [1.54, 1.807) is 49.2 Å². The predicted molar refractivity (Wildman–Crippen MR) is 248 cm³/mol. The van der Waals surface area contributed by atoms with E-state index in [2.05, 4.69) is 20.6 Å². The molecule has 0 saturated carbocycles. The Morgan fingerprint density at radius 2 is 1.52 bits per heavy atom. The Morgan fingerprint density at radius 3 is 2.14 bits per heavy atom. The van der Waals surface area contributed by atoms with Crippen molar-refractivity contribution >= 4 is 35.3 Å². The van der Waals surface area contributed by atoms with Crippen molar-refractivity contribution in [2.75, 3.05) is 20.1 Å². The second-order valence-electron chi connectivity index (χ2n) is 18.6. The van der Waals surface area contributed by atoms with E-state index in [4.69, 9.17) is 4.98 Å². The first-order chi connectivity index (χ1) is 30.4. The average molecular weight is 889 g/mol. The van der Waals surface area contributed by atoms with E-state index in [0.29, 0.717) is 26.1 Å². The summed E-state index contributed by atoms with van der Waals surface area (Å²) < 4.78 is 0. The number of hydrogen-bond acceptors (Lipinski definition) is 9. The highest BCUT2D eigenvalue weighted by Gasteiger charge is 2.44. The summed E-state index contributed by atoms with van der Waals surface area (Å²) in [4.78, 5) is 72.9. The number of aliphatic hydroxyl groups is 1.